The second kappa shape index (κ2) is 17.3. The number of hydrogen-bond donors (Lipinski definition) is 0. The van der Waals surface area contributed by atoms with Gasteiger partial charge in [-0.2, -0.15) is 0 Å². The van der Waals surface area contributed by atoms with Crippen LogP contribution in [-0.4, -0.2) is 24.1 Å². The molecule has 0 aliphatic rings. The van der Waals surface area contributed by atoms with Gasteiger partial charge in [-0.1, -0.05) is 186 Å². The summed E-state index contributed by atoms with van der Waals surface area (Å²) in [5, 5.41) is 4.87. The summed E-state index contributed by atoms with van der Waals surface area (Å²) in [4.78, 5) is 16.9. The zero-order valence-corrected chi connectivity index (χ0v) is 44.9. The summed E-state index contributed by atoms with van der Waals surface area (Å²) in [6, 6.07) is 62.7. The van der Waals surface area contributed by atoms with Crippen LogP contribution >= 0.6 is 0 Å². The molecule has 0 aliphatic carbocycles. The number of hydrogen-bond acceptors (Lipinski definition) is 3. The van der Waals surface area contributed by atoms with E-state index >= 15 is 0 Å². The molecule has 0 bridgehead atoms. The maximum Gasteiger partial charge on any atom is 0.166 e. The molecule has 5 heteroatoms. The monoisotopic (exact) mass is 954 g/mol. The molecular weight excluding hydrogens is 887 g/mol. The highest BCUT2D eigenvalue weighted by Gasteiger charge is 2.27. The molecule has 364 valence electrons. The molecule has 3 heterocycles. The van der Waals surface area contributed by atoms with Gasteiger partial charge >= 0.3 is 0 Å². The molecule has 0 radical (unpaired) electrons. The van der Waals surface area contributed by atoms with Crippen molar-refractivity contribution < 1.29 is 0 Å². The van der Waals surface area contributed by atoms with Crippen LogP contribution in [0.5, 0.6) is 0 Å². The number of nitrogens with zero attached hydrogens (tertiary/aromatic N) is 5. The van der Waals surface area contributed by atoms with Gasteiger partial charge < -0.3 is 9.13 Å². The lowest BCUT2D eigenvalue weighted by Crippen LogP contribution is -2.17. The van der Waals surface area contributed by atoms with E-state index in [1.165, 1.54) is 60.4 Å². The minimum atomic E-state index is -0.113. The Morgan fingerprint density at radius 1 is 0.301 bits per heavy atom. The van der Waals surface area contributed by atoms with Crippen LogP contribution in [0.4, 0.5) is 0 Å². The first kappa shape index (κ1) is 47.7. The van der Waals surface area contributed by atoms with Crippen LogP contribution in [0.25, 0.3) is 100 Å². The smallest absolute Gasteiger partial charge is 0.166 e. The highest BCUT2D eigenvalue weighted by atomic mass is 15.1. The minimum absolute atomic E-state index is 0.113. The van der Waals surface area contributed by atoms with Gasteiger partial charge in [-0.15, -0.1) is 0 Å². The number of aryl methyl sites for hydroxylation is 1. The number of benzene rings is 8. The van der Waals surface area contributed by atoms with Crippen molar-refractivity contribution in [2.75, 3.05) is 0 Å². The average molecular weight is 954 g/mol. The van der Waals surface area contributed by atoms with Crippen molar-refractivity contribution in [3.63, 3.8) is 0 Å². The Morgan fingerprint density at radius 2 is 0.685 bits per heavy atom. The third-order valence-corrected chi connectivity index (χ3v) is 14.8. The van der Waals surface area contributed by atoms with E-state index in [0.29, 0.717) is 17.5 Å². The predicted molar refractivity (Wildman–Crippen MR) is 310 cm³/mol. The highest BCUT2D eigenvalue weighted by Crippen LogP contribution is 2.43. The minimum Gasteiger partial charge on any atom is -0.309 e. The molecule has 0 saturated carbocycles. The Labute approximate surface area is 431 Å². The van der Waals surface area contributed by atoms with Crippen LogP contribution in [0.1, 0.15) is 111 Å². The maximum absolute atomic E-state index is 5.68. The van der Waals surface area contributed by atoms with Crippen LogP contribution in [0.2, 0.25) is 0 Å². The van der Waals surface area contributed by atoms with Crippen molar-refractivity contribution in [3.05, 3.63) is 198 Å². The lowest BCUT2D eigenvalue weighted by Gasteiger charge is -2.26. The van der Waals surface area contributed by atoms with E-state index in [1.54, 1.807) is 0 Å². The Kier molecular flexibility index (Phi) is 11.3. The molecule has 0 aliphatic heterocycles. The second-order valence-corrected chi connectivity index (χ2v) is 24.4. The molecule has 0 spiro atoms. The zero-order valence-electron chi connectivity index (χ0n) is 44.9. The second-order valence-electron chi connectivity index (χ2n) is 24.4. The Hall–Kier alpha value is -7.63. The number of aromatic nitrogens is 5. The van der Waals surface area contributed by atoms with E-state index in [0.717, 1.165) is 50.2 Å². The topological polar surface area (TPSA) is 48.5 Å². The summed E-state index contributed by atoms with van der Waals surface area (Å²) < 4.78 is 4.84. The average Bonchev–Trinajstić information content (AvgIpc) is 3.87. The molecule has 0 atom stereocenters. The fraction of sp³-hybridized carbons (Fsp3) is 0.250. The lowest BCUT2D eigenvalue weighted by molar-refractivity contribution is 0.568. The van der Waals surface area contributed by atoms with Crippen LogP contribution in [0, 0.1) is 6.92 Å². The van der Waals surface area contributed by atoms with E-state index in [9.17, 15) is 0 Å². The summed E-state index contributed by atoms with van der Waals surface area (Å²) in [6.07, 6.45) is 0. The van der Waals surface area contributed by atoms with Gasteiger partial charge in [0.05, 0.1) is 33.4 Å². The van der Waals surface area contributed by atoms with E-state index in [1.807, 2.05) is 0 Å². The lowest BCUT2D eigenvalue weighted by atomic mass is 9.79. The molecule has 0 N–H and O–H groups in total. The Morgan fingerprint density at radius 3 is 1.15 bits per heavy atom. The van der Waals surface area contributed by atoms with Gasteiger partial charge in [-0.05, 0) is 129 Å². The van der Waals surface area contributed by atoms with Gasteiger partial charge in [-0.25, -0.2) is 15.0 Å². The van der Waals surface area contributed by atoms with Crippen molar-refractivity contribution in [1.82, 2.24) is 24.1 Å². The van der Waals surface area contributed by atoms with Crippen LogP contribution in [0.3, 0.4) is 0 Å². The summed E-state index contributed by atoms with van der Waals surface area (Å²) >= 11 is 0. The van der Waals surface area contributed by atoms with Crippen molar-refractivity contribution in [2.24, 2.45) is 0 Å². The van der Waals surface area contributed by atoms with Crippen molar-refractivity contribution in [3.8, 4) is 56.7 Å². The standard InChI is InChI=1S/C68H67N5/c1-42-30-32-60-54(34-42)53-25-17-21-29-59(53)72(60)56-26-18-14-22-50(56)43-31-33-61(73-57-27-19-15-23-51(57)52-24-16-20-28-58(52)73)55(39-43)64-70-62(44-35-46(65(2,3)4)40-47(36-44)66(5,6)7)69-63(71-64)45-37-48(67(8,9)10)41-49(38-45)68(11,12)13/h14-41H,1-13H3. The van der Waals surface area contributed by atoms with Crippen LogP contribution in [0.15, 0.2) is 170 Å². The summed E-state index contributed by atoms with van der Waals surface area (Å²) in [5.74, 6) is 1.91. The third kappa shape index (κ3) is 8.63. The first-order chi connectivity index (χ1) is 34.6. The van der Waals surface area contributed by atoms with Gasteiger partial charge in [0.1, 0.15) is 0 Å². The quantitative estimate of drug-likeness (QED) is 0.167. The Balaban J connectivity index is 1.25. The predicted octanol–water partition coefficient (Wildman–Crippen LogP) is 18.2. The summed E-state index contributed by atoms with van der Waals surface area (Å²) in [7, 11) is 0. The van der Waals surface area contributed by atoms with E-state index in [2.05, 4.69) is 269 Å². The summed E-state index contributed by atoms with van der Waals surface area (Å²) in [6.45, 7) is 29.6. The molecule has 0 amide bonds. The van der Waals surface area contributed by atoms with Crippen LogP contribution in [-0.2, 0) is 21.7 Å². The van der Waals surface area contributed by atoms with Crippen molar-refractivity contribution >= 4 is 43.6 Å². The molecule has 0 unspecified atom stereocenters. The van der Waals surface area contributed by atoms with E-state index < -0.39 is 0 Å². The van der Waals surface area contributed by atoms with E-state index in [-0.39, 0.29) is 21.7 Å². The largest absolute Gasteiger partial charge is 0.309 e. The molecule has 0 fully saturated rings. The normalized spacial score (nSPS) is 12.7. The maximum atomic E-state index is 5.68. The van der Waals surface area contributed by atoms with Gasteiger partial charge in [-0.3, -0.25) is 0 Å². The highest BCUT2D eigenvalue weighted by molar-refractivity contribution is 6.11. The number of para-hydroxylation sites is 4. The molecule has 3 aromatic heterocycles. The third-order valence-electron chi connectivity index (χ3n) is 14.8. The molecule has 11 rings (SSSR count). The first-order valence-corrected chi connectivity index (χ1v) is 25.9. The molecule has 73 heavy (non-hydrogen) atoms. The summed E-state index contributed by atoms with van der Waals surface area (Å²) in [5.41, 5.74) is 17.5. The fourth-order valence-electron chi connectivity index (χ4n) is 10.5. The fourth-order valence-corrected chi connectivity index (χ4v) is 10.5. The Bertz CT molecular complexity index is 3750. The molecule has 5 nitrogen and oxygen atoms in total. The molecule has 0 saturated heterocycles. The van der Waals surface area contributed by atoms with Gasteiger partial charge in [0.25, 0.3) is 0 Å². The molecular formula is C68H67N5. The zero-order chi connectivity index (χ0) is 51.4. The number of fused-ring (bicyclic) bond motifs is 6. The van der Waals surface area contributed by atoms with Crippen molar-refractivity contribution in [1.29, 1.82) is 0 Å². The van der Waals surface area contributed by atoms with Crippen molar-refractivity contribution in [2.45, 2.75) is 112 Å². The van der Waals surface area contributed by atoms with E-state index in [4.69, 9.17) is 15.0 Å². The number of rotatable bonds is 6. The first-order valence-electron chi connectivity index (χ1n) is 25.9. The molecule has 8 aromatic carbocycles. The van der Waals surface area contributed by atoms with Gasteiger partial charge in [0.15, 0.2) is 17.5 Å². The SMILES string of the molecule is Cc1ccc2c(c1)c1ccccc1n2-c1ccccc1-c1ccc(-n2c3ccccc3c3ccccc32)c(-c2nc(-c3cc(C(C)(C)C)cc(C(C)(C)C)c3)nc(-c3cc(C(C)(C)C)cc(C(C)(C)C)c3)n2)c1. The van der Waals surface area contributed by atoms with Gasteiger partial charge in [0.2, 0.25) is 0 Å². The van der Waals surface area contributed by atoms with Gasteiger partial charge in [0, 0.05) is 43.8 Å². The van der Waals surface area contributed by atoms with Crippen LogP contribution < -0.4 is 0 Å². The molecule has 11 aromatic rings.